The molecule has 2 heterocycles. The average molecular weight is 495 g/mol. The molecule has 1 aliphatic rings. The number of benzene rings is 3. The molecule has 0 unspecified atom stereocenters. The van der Waals surface area contributed by atoms with E-state index in [-0.39, 0.29) is 16.8 Å². The molecule has 0 aliphatic carbocycles. The number of fused-ring (bicyclic) bond motifs is 1. The number of nitrogens with zero attached hydrogens (tertiary/aromatic N) is 2. The van der Waals surface area contributed by atoms with Crippen molar-refractivity contribution in [3.8, 4) is 28.4 Å². The highest BCUT2D eigenvalue weighted by molar-refractivity contribution is 6.24. The first kappa shape index (κ1) is 23.6. The van der Waals surface area contributed by atoms with Crippen molar-refractivity contribution in [1.29, 1.82) is 0 Å². The number of carbonyl (C=O) groups is 3. The molecule has 3 amide bonds. The van der Waals surface area contributed by atoms with Crippen LogP contribution >= 0.6 is 0 Å². The molecule has 0 spiro atoms. The van der Waals surface area contributed by atoms with Crippen molar-refractivity contribution in [3.63, 3.8) is 0 Å². The summed E-state index contributed by atoms with van der Waals surface area (Å²) in [5, 5.41) is 9.69. The Hall–Kier alpha value is -5.18. The van der Waals surface area contributed by atoms with Crippen LogP contribution in [0.3, 0.4) is 0 Å². The molecular formula is C28H22N4O5. The Morgan fingerprint density at radius 2 is 1.73 bits per heavy atom. The minimum Gasteiger partial charge on any atom is -0.493 e. The number of imide groups is 1. The van der Waals surface area contributed by atoms with Gasteiger partial charge >= 0.3 is 0 Å². The lowest BCUT2D eigenvalue weighted by Gasteiger charge is -2.09. The zero-order valence-corrected chi connectivity index (χ0v) is 20.0. The van der Waals surface area contributed by atoms with Crippen LogP contribution in [0.1, 0.15) is 26.3 Å². The van der Waals surface area contributed by atoms with Gasteiger partial charge in [-0.3, -0.25) is 19.7 Å². The summed E-state index contributed by atoms with van der Waals surface area (Å²) >= 11 is 0. The minimum absolute atomic E-state index is 0.150. The SMILES string of the molecule is COc1ccc(-c2nn(-c3ccccc3)cc2C=CC(=O)Nc2cccc3c2C(=O)NC3=O)cc1OC. The van der Waals surface area contributed by atoms with Gasteiger partial charge in [-0.25, -0.2) is 4.68 Å². The van der Waals surface area contributed by atoms with Crippen LogP contribution in [0, 0.1) is 0 Å². The summed E-state index contributed by atoms with van der Waals surface area (Å²) in [5.74, 6) is -0.360. The van der Waals surface area contributed by atoms with Gasteiger partial charge in [0.15, 0.2) is 11.5 Å². The van der Waals surface area contributed by atoms with Crippen LogP contribution < -0.4 is 20.1 Å². The first-order valence-electron chi connectivity index (χ1n) is 11.3. The number of para-hydroxylation sites is 1. The van der Waals surface area contributed by atoms with E-state index in [1.807, 2.05) is 48.7 Å². The van der Waals surface area contributed by atoms with Crippen LogP contribution in [0.15, 0.2) is 79.0 Å². The van der Waals surface area contributed by atoms with Crippen LogP contribution in [-0.4, -0.2) is 41.7 Å². The lowest BCUT2D eigenvalue weighted by molar-refractivity contribution is -0.111. The first-order valence-corrected chi connectivity index (χ1v) is 11.3. The first-order chi connectivity index (χ1) is 18.0. The van der Waals surface area contributed by atoms with Crippen molar-refractivity contribution in [2.75, 3.05) is 19.5 Å². The number of ether oxygens (including phenoxy) is 2. The zero-order valence-electron chi connectivity index (χ0n) is 20.0. The van der Waals surface area contributed by atoms with Gasteiger partial charge in [0.25, 0.3) is 11.8 Å². The Morgan fingerprint density at radius 3 is 2.49 bits per heavy atom. The summed E-state index contributed by atoms with van der Waals surface area (Å²) < 4.78 is 12.5. The highest BCUT2D eigenvalue weighted by Gasteiger charge is 2.29. The summed E-state index contributed by atoms with van der Waals surface area (Å²) in [4.78, 5) is 36.9. The number of nitrogens with one attached hydrogen (secondary N) is 2. The molecule has 0 saturated carbocycles. The number of methoxy groups -OCH3 is 2. The topological polar surface area (TPSA) is 112 Å². The van der Waals surface area contributed by atoms with Gasteiger partial charge in [0.05, 0.1) is 36.7 Å². The van der Waals surface area contributed by atoms with Crippen molar-refractivity contribution in [2.45, 2.75) is 0 Å². The number of anilines is 1. The van der Waals surface area contributed by atoms with Crippen LogP contribution in [0.2, 0.25) is 0 Å². The fourth-order valence-electron chi connectivity index (χ4n) is 4.09. The highest BCUT2D eigenvalue weighted by atomic mass is 16.5. The molecule has 9 nitrogen and oxygen atoms in total. The maximum atomic E-state index is 12.8. The van der Waals surface area contributed by atoms with E-state index in [4.69, 9.17) is 14.6 Å². The van der Waals surface area contributed by atoms with Gasteiger partial charge in [0.1, 0.15) is 5.69 Å². The fourth-order valence-corrected chi connectivity index (χ4v) is 4.09. The maximum Gasteiger partial charge on any atom is 0.261 e. The number of carbonyl (C=O) groups excluding carboxylic acids is 3. The van der Waals surface area contributed by atoms with E-state index >= 15 is 0 Å². The van der Waals surface area contributed by atoms with Gasteiger partial charge in [-0.05, 0) is 48.5 Å². The Morgan fingerprint density at radius 1 is 0.946 bits per heavy atom. The van der Waals surface area contributed by atoms with Crippen molar-refractivity contribution in [2.24, 2.45) is 0 Å². The van der Waals surface area contributed by atoms with E-state index in [1.165, 1.54) is 12.1 Å². The normalized spacial score (nSPS) is 12.4. The predicted molar refractivity (Wildman–Crippen MR) is 138 cm³/mol. The third-order valence-corrected chi connectivity index (χ3v) is 5.86. The Kier molecular flexibility index (Phi) is 6.25. The molecule has 9 heteroatoms. The van der Waals surface area contributed by atoms with Crippen LogP contribution in [0.5, 0.6) is 11.5 Å². The molecule has 0 fully saturated rings. The second-order valence-electron chi connectivity index (χ2n) is 8.12. The summed E-state index contributed by atoms with van der Waals surface area (Å²) in [6.45, 7) is 0. The van der Waals surface area contributed by atoms with Gasteiger partial charge in [0.2, 0.25) is 5.91 Å². The third-order valence-electron chi connectivity index (χ3n) is 5.86. The standard InChI is InChI=1S/C28H22N4O5/c1-36-22-13-11-17(15-23(22)37-2)26-18(16-32(31-26)19-7-4-3-5-8-19)12-14-24(33)29-21-10-6-9-20-25(21)28(35)30-27(20)34/h3-16H,1-2H3,(H,29,33)(H,30,34,35). The molecule has 0 bridgehead atoms. The number of hydrogen-bond donors (Lipinski definition) is 2. The molecular weight excluding hydrogens is 472 g/mol. The number of hydrogen-bond acceptors (Lipinski definition) is 6. The largest absolute Gasteiger partial charge is 0.493 e. The molecule has 4 aromatic rings. The molecule has 1 aliphatic heterocycles. The van der Waals surface area contributed by atoms with Crippen LogP contribution in [-0.2, 0) is 4.79 Å². The van der Waals surface area contributed by atoms with E-state index in [0.717, 1.165) is 11.3 Å². The van der Waals surface area contributed by atoms with E-state index in [1.54, 1.807) is 43.2 Å². The molecule has 184 valence electrons. The van der Waals surface area contributed by atoms with Gasteiger partial charge < -0.3 is 14.8 Å². The molecule has 0 atom stereocenters. The zero-order chi connectivity index (χ0) is 25.9. The molecule has 3 aromatic carbocycles. The fraction of sp³-hybridized carbons (Fsp3) is 0.0714. The van der Waals surface area contributed by atoms with E-state index in [0.29, 0.717) is 22.8 Å². The van der Waals surface area contributed by atoms with Crippen molar-refractivity contribution < 1.29 is 23.9 Å². The smallest absolute Gasteiger partial charge is 0.261 e. The second kappa shape index (κ2) is 9.82. The number of amides is 3. The summed E-state index contributed by atoms with van der Waals surface area (Å²) in [6.07, 6.45) is 4.81. The maximum absolute atomic E-state index is 12.8. The van der Waals surface area contributed by atoms with Crippen molar-refractivity contribution in [3.05, 3.63) is 95.7 Å². The van der Waals surface area contributed by atoms with Crippen LogP contribution in [0.4, 0.5) is 5.69 Å². The van der Waals surface area contributed by atoms with Crippen LogP contribution in [0.25, 0.3) is 23.0 Å². The lowest BCUT2D eigenvalue weighted by Crippen LogP contribution is -2.20. The van der Waals surface area contributed by atoms with Gasteiger partial charge in [0, 0.05) is 23.4 Å². The Balaban J connectivity index is 1.49. The quantitative estimate of drug-likeness (QED) is 0.296. The molecule has 5 rings (SSSR count). The molecule has 0 radical (unpaired) electrons. The van der Waals surface area contributed by atoms with Crippen molar-refractivity contribution >= 4 is 29.5 Å². The van der Waals surface area contributed by atoms with Gasteiger partial charge in [-0.2, -0.15) is 5.10 Å². The Labute approximate surface area is 212 Å². The minimum atomic E-state index is -0.542. The lowest BCUT2D eigenvalue weighted by atomic mass is 10.1. The molecule has 37 heavy (non-hydrogen) atoms. The summed E-state index contributed by atoms with van der Waals surface area (Å²) in [5.41, 5.74) is 3.56. The molecule has 2 N–H and O–H groups in total. The number of rotatable bonds is 7. The average Bonchev–Trinajstić information content (AvgIpc) is 3.48. The number of aromatic nitrogens is 2. The summed E-state index contributed by atoms with van der Waals surface area (Å²) in [7, 11) is 3.12. The Bertz CT molecular complexity index is 1560. The van der Waals surface area contributed by atoms with E-state index in [2.05, 4.69) is 10.6 Å². The second-order valence-corrected chi connectivity index (χ2v) is 8.12. The third kappa shape index (κ3) is 4.57. The highest BCUT2D eigenvalue weighted by Crippen LogP contribution is 2.34. The molecule has 0 saturated heterocycles. The monoisotopic (exact) mass is 494 g/mol. The van der Waals surface area contributed by atoms with Gasteiger partial charge in [-0.15, -0.1) is 0 Å². The molecule has 1 aromatic heterocycles. The van der Waals surface area contributed by atoms with E-state index < -0.39 is 17.7 Å². The summed E-state index contributed by atoms with van der Waals surface area (Å²) in [6, 6.07) is 19.8. The van der Waals surface area contributed by atoms with Crippen molar-refractivity contribution in [1.82, 2.24) is 15.1 Å². The van der Waals surface area contributed by atoms with Gasteiger partial charge in [-0.1, -0.05) is 24.3 Å². The van der Waals surface area contributed by atoms with E-state index in [9.17, 15) is 14.4 Å². The predicted octanol–water partition coefficient (Wildman–Crippen LogP) is 4.09.